The van der Waals surface area contributed by atoms with Crippen LogP contribution in [0.2, 0.25) is 0 Å². The molecule has 0 bridgehead atoms. The lowest BCUT2D eigenvalue weighted by atomic mass is 10.1. The summed E-state index contributed by atoms with van der Waals surface area (Å²) in [5, 5.41) is 1.94. The van der Waals surface area contributed by atoms with Gasteiger partial charge in [-0.15, -0.1) is 0 Å². The summed E-state index contributed by atoms with van der Waals surface area (Å²) < 4.78 is 9.72. The summed E-state index contributed by atoms with van der Waals surface area (Å²) in [6.45, 7) is 0. The van der Waals surface area contributed by atoms with E-state index in [0.29, 0.717) is 6.42 Å². The lowest BCUT2D eigenvalue weighted by Crippen LogP contribution is -2.37. The van der Waals surface area contributed by atoms with Gasteiger partial charge < -0.3 is 19.4 Å². The van der Waals surface area contributed by atoms with Crippen LogP contribution in [-0.4, -0.2) is 60.1 Å². The van der Waals surface area contributed by atoms with Crippen LogP contribution in [0.15, 0.2) is 85.2 Å². The van der Waals surface area contributed by atoms with Crippen molar-refractivity contribution in [2.24, 2.45) is 0 Å². The monoisotopic (exact) mass is 612 g/mol. The molecule has 2 amide bonds. The molecule has 0 fully saturated rings. The fourth-order valence-corrected chi connectivity index (χ4v) is 4.95. The molecule has 2 atom stereocenters. The van der Waals surface area contributed by atoms with Gasteiger partial charge in [0.05, 0.1) is 14.2 Å². The van der Waals surface area contributed by atoms with Crippen molar-refractivity contribution in [3.8, 4) is 0 Å². The predicted octanol–water partition coefficient (Wildman–Crippen LogP) is 3.93. The van der Waals surface area contributed by atoms with Crippen molar-refractivity contribution in [3.63, 3.8) is 0 Å². The van der Waals surface area contributed by atoms with Gasteiger partial charge in [-0.05, 0) is 54.3 Å². The van der Waals surface area contributed by atoms with Gasteiger partial charge in [0.1, 0.15) is 0 Å². The third kappa shape index (κ3) is 7.37. The first kappa shape index (κ1) is 31.0. The lowest BCUT2D eigenvalue weighted by molar-refractivity contribution is -0.158. The molecule has 0 unspecified atom stereocenters. The second-order valence-corrected chi connectivity index (χ2v) is 10.2. The molecule has 5 aromatic rings. The minimum atomic E-state index is -1.13. The number of aromatic nitrogens is 2. The first-order valence-electron chi connectivity index (χ1n) is 14.2. The zero-order valence-electron chi connectivity index (χ0n) is 24.6. The number of amides is 2. The number of hydroxylamine groups is 2. The van der Waals surface area contributed by atoms with E-state index in [1.165, 1.54) is 38.5 Å². The number of benzene rings is 3. The average Bonchev–Trinajstić information content (AvgIpc) is 3.69. The molecular weight excluding hydrogens is 580 g/mol. The van der Waals surface area contributed by atoms with E-state index in [9.17, 15) is 19.2 Å². The molecule has 2 aromatic heterocycles. The molecule has 0 spiro atoms. The Balaban J connectivity index is 1.18. The Hall–Kier alpha value is -5.46. The summed E-state index contributed by atoms with van der Waals surface area (Å²) in [5.41, 5.74) is 8.41. The molecule has 12 nitrogen and oxygen atoms in total. The summed E-state index contributed by atoms with van der Waals surface area (Å²) in [7, 11) is 2.47. The number of para-hydroxylation sites is 2. The SMILES string of the molecule is COC(=O)[C@@H](CCc1c[nH]c2ccccc12)ONC(=O)c1cccc(C(=O)NO[C@H](Cc2c[nH]c3ccccc23)C(=O)OC)c1. The van der Waals surface area contributed by atoms with E-state index < -0.39 is 36.0 Å². The largest absolute Gasteiger partial charge is 0.467 e. The number of hydrogen-bond donors (Lipinski definition) is 4. The molecule has 0 radical (unpaired) electrons. The zero-order chi connectivity index (χ0) is 31.8. The fourth-order valence-electron chi connectivity index (χ4n) is 4.95. The van der Waals surface area contributed by atoms with Crippen molar-refractivity contribution in [1.29, 1.82) is 0 Å². The van der Waals surface area contributed by atoms with Crippen LogP contribution in [0.3, 0.4) is 0 Å². The first-order valence-corrected chi connectivity index (χ1v) is 14.2. The standard InChI is InChI=1S/C33H32N4O8/c1-42-32(40)28(15-14-22-18-34-26-12-5-3-10-24(22)26)44-36-30(38)20-8-7-9-21(16-20)31(39)37-45-29(33(41)43-2)17-23-19-35-27-13-6-4-11-25(23)27/h3-13,16,18-19,28-29,34-35H,14-15,17H2,1-2H3,(H,36,38)(H,37,39)/t28-,29-/m1/s1. The van der Waals surface area contributed by atoms with E-state index in [-0.39, 0.29) is 24.0 Å². The Bertz CT molecular complexity index is 1830. The molecule has 232 valence electrons. The molecule has 3 aromatic carbocycles. The Morgan fingerprint density at radius 3 is 1.78 bits per heavy atom. The highest BCUT2D eigenvalue weighted by atomic mass is 16.7. The number of methoxy groups -OCH3 is 2. The molecule has 12 heteroatoms. The quantitative estimate of drug-likeness (QED) is 0.115. The number of H-pyrrole nitrogens is 2. The van der Waals surface area contributed by atoms with Gasteiger partial charge in [0, 0.05) is 51.7 Å². The molecule has 45 heavy (non-hydrogen) atoms. The van der Waals surface area contributed by atoms with E-state index in [4.69, 9.17) is 19.1 Å². The maximum absolute atomic E-state index is 12.9. The smallest absolute Gasteiger partial charge is 0.338 e. The first-order chi connectivity index (χ1) is 21.9. The summed E-state index contributed by atoms with van der Waals surface area (Å²) in [5.74, 6) is -2.69. The molecule has 0 saturated heterocycles. The molecule has 2 heterocycles. The summed E-state index contributed by atoms with van der Waals surface area (Å²) in [4.78, 5) is 67.9. The molecule has 5 rings (SSSR count). The van der Waals surface area contributed by atoms with Crippen molar-refractivity contribution in [3.05, 3.63) is 107 Å². The fraction of sp³-hybridized carbons (Fsp3) is 0.212. The molecular formula is C33H32N4O8. The van der Waals surface area contributed by atoms with Gasteiger partial charge in [-0.3, -0.25) is 19.3 Å². The number of carbonyl (C=O) groups excluding carboxylic acids is 4. The van der Waals surface area contributed by atoms with Crippen molar-refractivity contribution >= 4 is 45.6 Å². The van der Waals surface area contributed by atoms with Crippen molar-refractivity contribution in [2.75, 3.05) is 14.2 Å². The minimum Gasteiger partial charge on any atom is -0.467 e. The second kappa shape index (κ2) is 14.3. The Kier molecular flexibility index (Phi) is 9.87. The topological polar surface area (TPSA) is 161 Å². The maximum Gasteiger partial charge on any atom is 0.338 e. The van der Waals surface area contributed by atoms with Gasteiger partial charge in [-0.25, -0.2) is 20.5 Å². The van der Waals surface area contributed by atoms with Crippen LogP contribution in [0.1, 0.15) is 38.3 Å². The highest BCUT2D eigenvalue weighted by Crippen LogP contribution is 2.21. The van der Waals surface area contributed by atoms with Gasteiger partial charge in [0.2, 0.25) is 0 Å². The van der Waals surface area contributed by atoms with Gasteiger partial charge in [-0.1, -0.05) is 42.5 Å². The number of aromatic amines is 2. The number of rotatable bonds is 13. The van der Waals surface area contributed by atoms with E-state index >= 15 is 0 Å². The van der Waals surface area contributed by atoms with E-state index in [0.717, 1.165) is 32.9 Å². The van der Waals surface area contributed by atoms with E-state index in [1.54, 1.807) is 6.20 Å². The average molecular weight is 613 g/mol. The Labute approximate surface area is 257 Å². The third-order valence-corrected chi connectivity index (χ3v) is 7.33. The van der Waals surface area contributed by atoms with Crippen LogP contribution in [0.25, 0.3) is 21.8 Å². The third-order valence-electron chi connectivity index (χ3n) is 7.33. The number of esters is 2. The summed E-state index contributed by atoms with van der Waals surface area (Å²) in [6.07, 6.45) is 2.31. The number of ether oxygens (including phenoxy) is 2. The van der Waals surface area contributed by atoms with Gasteiger partial charge in [0.15, 0.2) is 12.2 Å². The lowest BCUT2D eigenvalue weighted by Gasteiger charge is -2.16. The van der Waals surface area contributed by atoms with Crippen molar-refractivity contribution < 1.29 is 38.3 Å². The molecule has 4 N–H and O–H groups in total. The van der Waals surface area contributed by atoms with Crippen LogP contribution >= 0.6 is 0 Å². The van der Waals surface area contributed by atoms with Crippen molar-refractivity contribution in [1.82, 2.24) is 20.9 Å². The number of carbonyl (C=O) groups is 4. The minimum absolute atomic E-state index is 0.0854. The number of nitrogens with one attached hydrogen (secondary N) is 4. The molecule has 0 aliphatic heterocycles. The predicted molar refractivity (Wildman–Crippen MR) is 164 cm³/mol. The maximum atomic E-state index is 12.9. The van der Waals surface area contributed by atoms with Crippen molar-refractivity contribution in [2.45, 2.75) is 31.5 Å². The summed E-state index contributed by atoms with van der Waals surface area (Å²) >= 11 is 0. The van der Waals surface area contributed by atoms with Crippen LogP contribution in [-0.2, 0) is 41.6 Å². The van der Waals surface area contributed by atoms with Crippen LogP contribution < -0.4 is 11.0 Å². The highest BCUT2D eigenvalue weighted by Gasteiger charge is 2.25. The normalized spacial score (nSPS) is 12.4. The summed E-state index contributed by atoms with van der Waals surface area (Å²) in [6, 6.07) is 21.1. The number of hydrogen-bond acceptors (Lipinski definition) is 8. The van der Waals surface area contributed by atoms with Gasteiger partial charge in [-0.2, -0.15) is 0 Å². The van der Waals surface area contributed by atoms with E-state index in [1.807, 2.05) is 54.7 Å². The Morgan fingerprint density at radius 1 is 0.667 bits per heavy atom. The van der Waals surface area contributed by atoms with Crippen LogP contribution in [0.4, 0.5) is 0 Å². The van der Waals surface area contributed by atoms with Gasteiger partial charge >= 0.3 is 11.9 Å². The van der Waals surface area contributed by atoms with Crippen LogP contribution in [0, 0.1) is 0 Å². The number of fused-ring (bicyclic) bond motifs is 2. The zero-order valence-corrected chi connectivity index (χ0v) is 24.6. The number of aryl methyl sites for hydroxylation is 1. The highest BCUT2D eigenvalue weighted by molar-refractivity contribution is 5.99. The Morgan fingerprint density at radius 2 is 1.18 bits per heavy atom. The molecule has 0 saturated carbocycles. The molecule has 0 aliphatic carbocycles. The van der Waals surface area contributed by atoms with Gasteiger partial charge in [0.25, 0.3) is 11.8 Å². The van der Waals surface area contributed by atoms with E-state index in [2.05, 4.69) is 20.9 Å². The van der Waals surface area contributed by atoms with Crippen LogP contribution in [0.5, 0.6) is 0 Å². The second-order valence-electron chi connectivity index (χ2n) is 10.2. The molecule has 0 aliphatic rings.